The van der Waals surface area contributed by atoms with Crippen molar-refractivity contribution >= 4 is 11.6 Å². The van der Waals surface area contributed by atoms with Crippen molar-refractivity contribution in [3.63, 3.8) is 0 Å². The van der Waals surface area contributed by atoms with Gasteiger partial charge in [-0.05, 0) is 34.4 Å². The van der Waals surface area contributed by atoms with Crippen LogP contribution in [0, 0.1) is 5.82 Å². The average Bonchev–Trinajstić information content (AvgIpc) is 3.56. The number of fused-ring (bicyclic) bond motifs is 5. The maximum absolute atomic E-state index is 15.4. The minimum Gasteiger partial charge on any atom is -0.493 e. The third-order valence-corrected chi connectivity index (χ3v) is 7.45. The predicted molar refractivity (Wildman–Crippen MR) is 131 cm³/mol. The fraction of sp³-hybridized carbons (Fsp3) is 0.167. The van der Waals surface area contributed by atoms with Crippen molar-refractivity contribution in [3.8, 4) is 22.6 Å². The van der Waals surface area contributed by atoms with E-state index in [2.05, 4.69) is 0 Å². The Bertz CT molecular complexity index is 1500. The average molecular weight is 464 g/mol. The number of amides is 1. The molecular weight excluding hydrogens is 441 g/mol. The Morgan fingerprint density at radius 1 is 0.857 bits per heavy atom. The smallest absolute Gasteiger partial charge is 0.246 e. The summed E-state index contributed by atoms with van der Waals surface area (Å²) in [5, 5.41) is 0. The molecule has 3 heterocycles. The number of carbonyl (C=O) groups excluding carboxylic acids is 1. The van der Waals surface area contributed by atoms with Crippen molar-refractivity contribution in [1.82, 2.24) is 0 Å². The van der Waals surface area contributed by atoms with E-state index in [1.807, 2.05) is 72.8 Å². The highest BCUT2D eigenvalue weighted by molar-refractivity contribution is 6.11. The second-order valence-corrected chi connectivity index (χ2v) is 9.30. The second kappa shape index (κ2) is 7.44. The highest BCUT2D eigenvalue weighted by Crippen LogP contribution is 2.55. The van der Waals surface area contributed by atoms with Crippen LogP contribution in [0.5, 0.6) is 11.5 Å². The van der Waals surface area contributed by atoms with Crippen molar-refractivity contribution < 1.29 is 18.7 Å². The molecule has 0 saturated heterocycles. The van der Waals surface area contributed by atoms with Crippen molar-refractivity contribution in [1.29, 1.82) is 0 Å². The van der Waals surface area contributed by atoms with Gasteiger partial charge in [-0.3, -0.25) is 4.79 Å². The zero-order chi connectivity index (χ0) is 23.6. The van der Waals surface area contributed by atoms with Crippen LogP contribution in [0.1, 0.15) is 22.3 Å². The van der Waals surface area contributed by atoms with E-state index >= 15 is 4.39 Å². The van der Waals surface area contributed by atoms with Gasteiger partial charge in [0.05, 0.1) is 18.8 Å². The molecule has 0 aromatic heterocycles. The van der Waals surface area contributed by atoms with Crippen molar-refractivity contribution in [2.24, 2.45) is 0 Å². The van der Waals surface area contributed by atoms with Crippen molar-refractivity contribution in [2.45, 2.75) is 18.4 Å². The molecule has 172 valence electrons. The number of benzene rings is 4. The first-order valence-corrected chi connectivity index (χ1v) is 11.8. The van der Waals surface area contributed by atoms with E-state index in [0.29, 0.717) is 23.6 Å². The second-order valence-electron chi connectivity index (χ2n) is 9.30. The fourth-order valence-corrected chi connectivity index (χ4v) is 5.78. The summed E-state index contributed by atoms with van der Waals surface area (Å²) in [5.74, 6) is 0.890. The molecule has 1 unspecified atom stereocenters. The van der Waals surface area contributed by atoms with Gasteiger partial charge in [0.15, 0.2) is 0 Å². The van der Waals surface area contributed by atoms with E-state index in [1.54, 1.807) is 11.0 Å². The molecule has 7 rings (SSSR count). The molecule has 4 aromatic rings. The normalized spacial score (nSPS) is 19.3. The lowest BCUT2D eigenvalue weighted by Gasteiger charge is -2.24. The number of anilines is 1. The molecule has 1 atom stereocenters. The maximum atomic E-state index is 15.4. The molecule has 3 aliphatic heterocycles. The number of hydrogen-bond acceptors (Lipinski definition) is 3. The lowest BCUT2D eigenvalue weighted by Crippen LogP contribution is -2.42. The first-order chi connectivity index (χ1) is 17.2. The number of carbonyl (C=O) groups is 1. The van der Waals surface area contributed by atoms with Gasteiger partial charge in [-0.1, -0.05) is 66.7 Å². The van der Waals surface area contributed by atoms with Gasteiger partial charge in [-0.15, -0.1) is 0 Å². The minimum absolute atomic E-state index is 0.150. The summed E-state index contributed by atoms with van der Waals surface area (Å²) >= 11 is 0. The summed E-state index contributed by atoms with van der Waals surface area (Å²) < 4.78 is 27.2. The van der Waals surface area contributed by atoms with Crippen molar-refractivity contribution in [2.75, 3.05) is 18.1 Å². The lowest BCUT2D eigenvalue weighted by molar-refractivity contribution is -0.122. The van der Waals surface area contributed by atoms with Crippen LogP contribution in [-0.2, 0) is 23.2 Å². The minimum atomic E-state index is -1.06. The Hall–Kier alpha value is -4.12. The molecule has 1 spiro atoms. The Balaban J connectivity index is 1.38. The Morgan fingerprint density at radius 3 is 2.57 bits per heavy atom. The Labute approximate surface area is 202 Å². The van der Waals surface area contributed by atoms with E-state index in [4.69, 9.17) is 9.47 Å². The summed E-state index contributed by atoms with van der Waals surface area (Å²) in [7, 11) is 0. The van der Waals surface area contributed by atoms with Gasteiger partial charge in [-0.2, -0.15) is 0 Å². The molecule has 0 saturated carbocycles. The SMILES string of the molecule is O=C1N(Cc2ccccc2-c2ccccc2)c2c(F)cccc2C12COc1cc3c(cc12)CCO3. The van der Waals surface area contributed by atoms with Gasteiger partial charge in [0.2, 0.25) is 5.91 Å². The van der Waals surface area contributed by atoms with Gasteiger partial charge < -0.3 is 14.4 Å². The standard InChI is InChI=1S/C30H22FNO3/c31-25-12-6-11-23-28(25)32(17-21-9-4-5-10-22(21)19-7-2-1-3-8-19)29(33)30(23)18-35-27-16-26-20(13-14-34-26)15-24(27)30/h1-12,15-16H,13-14,17-18H2. The van der Waals surface area contributed by atoms with Crippen LogP contribution in [0.15, 0.2) is 84.9 Å². The molecule has 4 aromatic carbocycles. The van der Waals surface area contributed by atoms with Crippen LogP contribution in [-0.4, -0.2) is 19.1 Å². The monoisotopic (exact) mass is 463 g/mol. The van der Waals surface area contributed by atoms with Crippen LogP contribution in [0.25, 0.3) is 11.1 Å². The topological polar surface area (TPSA) is 38.8 Å². The molecule has 0 bridgehead atoms. The molecule has 1 amide bonds. The molecule has 0 aliphatic carbocycles. The predicted octanol–water partition coefficient (Wildman–Crippen LogP) is 5.65. The van der Waals surface area contributed by atoms with Gasteiger partial charge >= 0.3 is 0 Å². The van der Waals surface area contributed by atoms with Gasteiger partial charge in [0, 0.05) is 23.6 Å². The summed E-state index contributed by atoms with van der Waals surface area (Å²) in [6, 6.07) is 26.9. The first kappa shape index (κ1) is 20.3. The first-order valence-electron chi connectivity index (χ1n) is 11.8. The number of rotatable bonds is 3. The molecule has 0 fully saturated rings. The molecule has 4 nitrogen and oxygen atoms in total. The number of para-hydroxylation sites is 1. The Morgan fingerprint density at radius 2 is 1.69 bits per heavy atom. The van der Waals surface area contributed by atoms with E-state index in [-0.39, 0.29) is 19.1 Å². The van der Waals surface area contributed by atoms with Gasteiger partial charge in [0.1, 0.15) is 29.3 Å². The van der Waals surface area contributed by atoms with Gasteiger partial charge in [-0.25, -0.2) is 4.39 Å². The van der Waals surface area contributed by atoms with Crippen LogP contribution in [0.4, 0.5) is 10.1 Å². The van der Waals surface area contributed by atoms with Gasteiger partial charge in [0.25, 0.3) is 0 Å². The number of halogens is 1. The Kier molecular flexibility index (Phi) is 4.31. The lowest BCUT2D eigenvalue weighted by atomic mass is 9.76. The third kappa shape index (κ3) is 2.81. The number of ether oxygens (including phenoxy) is 2. The zero-order valence-corrected chi connectivity index (χ0v) is 19.0. The quantitative estimate of drug-likeness (QED) is 0.394. The largest absolute Gasteiger partial charge is 0.493 e. The van der Waals surface area contributed by atoms with E-state index < -0.39 is 11.2 Å². The summed E-state index contributed by atoms with van der Waals surface area (Å²) in [4.78, 5) is 15.9. The van der Waals surface area contributed by atoms with Crippen molar-refractivity contribution in [3.05, 3.63) is 113 Å². The van der Waals surface area contributed by atoms with Crippen LogP contribution in [0.3, 0.4) is 0 Å². The third-order valence-electron chi connectivity index (χ3n) is 7.45. The maximum Gasteiger partial charge on any atom is 0.246 e. The molecule has 5 heteroatoms. The highest BCUT2D eigenvalue weighted by atomic mass is 19.1. The molecular formula is C30H22FNO3. The zero-order valence-electron chi connectivity index (χ0n) is 19.0. The molecule has 0 N–H and O–H groups in total. The molecule has 0 radical (unpaired) electrons. The van der Waals surface area contributed by atoms with Crippen LogP contribution >= 0.6 is 0 Å². The van der Waals surface area contributed by atoms with E-state index in [9.17, 15) is 4.79 Å². The molecule has 3 aliphatic rings. The summed E-state index contributed by atoms with van der Waals surface area (Å²) in [5.41, 5.74) is 4.85. The number of nitrogens with zero attached hydrogens (tertiary/aromatic N) is 1. The van der Waals surface area contributed by atoms with E-state index in [0.717, 1.165) is 40.0 Å². The fourth-order valence-electron chi connectivity index (χ4n) is 5.78. The van der Waals surface area contributed by atoms with E-state index in [1.165, 1.54) is 6.07 Å². The molecule has 35 heavy (non-hydrogen) atoms. The summed E-state index contributed by atoms with van der Waals surface area (Å²) in [6.45, 7) is 1.03. The summed E-state index contributed by atoms with van der Waals surface area (Å²) in [6.07, 6.45) is 0.789. The van der Waals surface area contributed by atoms with Crippen LogP contribution in [0.2, 0.25) is 0 Å². The van der Waals surface area contributed by atoms with Crippen LogP contribution < -0.4 is 14.4 Å². The number of hydrogen-bond donors (Lipinski definition) is 0. The highest BCUT2D eigenvalue weighted by Gasteiger charge is 2.58.